The molecular weight excluding hydrogens is 490 g/mol. The molecule has 4 aromatic rings. The number of nitrogens with one attached hydrogen (secondary N) is 2. The average molecular weight is 522 g/mol. The summed E-state index contributed by atoms with van der Waals surface area (Å²) in [4.78, 5) is 19.3. The van der Waals surface area contributed by atoms with Crippen molar-refractivity contribution in [1.29, 1.82) is 0 Å². The number of thiophene rings is 1. The first-order valence-corrected chi connectivity index (χ1v) is 13.1. The van der Waals surface area contributed by atoms with Crippen LogP contribution in [0.4, 0.5) is 0 Å². The van der Waals surface area contributed by atoms with Crippen LogP contribution in [0.2, 0.25) is 0 Å². The normalized spacial score (nSPS) is 10.9. The number of benzene rings is 2. The molecule has 0 saturated carbocycles. The van der Waals surface area contributed by atoms with Crippen LogP contribution >= 0.6 is 23.6 Å². The van der Waals surface area contributed by atoms with Crippen LogP contribution in [0, 0.1) is 13.8 Å². The standard InChI is InChI=1S/C28H31N3O3S2/c1-18-12-19(2)26-21(13-18)15-22(27(32)30-26)16-31(17-23-6-5-11-36-23)28(35)29-10-9-20-7-8-24(33-3)25(14-20)34-4/h5-8,11-15H,9-10,16-17H2,1-4H3,(H,29,35)(H,30,32). The van der Waals surface area contributed by atoms with Crippen LogP contribution in [0.5, 0.6) is 11.5 Å². The molecule has 36 heavy (non-hydrogen) atoms. The lowest BCUT2D eigenvalue weighted by atomic mass is 10.1. The fourth-order valence-electron chi connectivity index (χ4n) is 4.31. The molecule has 0 aliphatic carbocycles. The van der Waals surface area contributed by atoms with Gasteiger partial charge < -0.3 is 24.7 Å². The zero-order chi connectivity index (χ0) is 25.7. The van der Waals surface area contributed by atoms with Gasteiger partial charge in [-0.25, -0.2) is 0 Å². The molecule has 2 heterocycles. The number of ether oxygens (including phenoxy) is 2. The molecule has 0 atom stereocenters. The van der Waals surface area contributed by atoms with Gasteiger partial charge in [0.05, 0.1) is 32.8 Å². The monoisotopic (exact) mass is 521 g/mol. The summed E-state index contributed by atoms with van der Waals surface area (Å²) in [5.41, 5.74) is 4.84. The Morgan fingerprint density at radius 1 is 1.06 bits per heavy atom. The van der Waals surface area contributed by atoms with E-state index in [9.17, 15) is 4.79 Å². The van der Waals surface area contributed by atoms with Gasteiger partial charge in [-0.05, 0) is 84.7 Å². The number of rotatable bonds is 9. The van der Waals surface area contributed by atoms with Crippen molar-refractivity contribution in [2.75, 3.05) is 20.8 Å². The van der Waals surface area contributed by atoms with Crippen LogP contribution in [0.15, 0.2) is 58.7 Å². The molecule has 0 bridgehead atoms. The highest BCUT2D eigenvalue weighted by molar-refractivity contribution is 7.80. The van der Waals surface area contributed by atoms with E-state index in [1.54, 1.807) is 25.6 Å². The van der Waals surface area contributed by atoms with Gasteiger partial charge in [0.25, 0.3) is 5.56 Å². The maximum atomic E-state index is 13.0. The molecule has 0 amide bonds. The zero-order valence-corrected chi connectivity index (χ0v) is 22.6. The van der Waals surface area contributed by atoms with Crippen molar-refractivity contribution < 1.29 is 9.47 Å². The van der Waals surface area contributed by atoms with Crippen LogP contribution in [-0.2, 0) is 19.5 Å². The maximum absolute atomic E-state index is 13.0. The Bertz CT molecular complexity index is 1410. The summed E-state index contributed by atoms with van der Waals surface area (Å²) >= 11 is 7.47. The summed E-state index contributed by atoms with van der Waals surface area (Å²) in [5.74, 6) is 1.41. The first kappa shape index (κ1) is 25.7. The molecule has 0 saturated heterocycles. The fourth-order valence-corrected chi connectivity index (χ4v) is 5.26. The van der Waals surface area contributed by atoms with Crippen LogP contribution in [0.25, 0.3) is 10.9 Å². The minimum Gasteiger partial charge on any atom is -0.493 e. The summed E-state index contributed by atoms with van der Waals surface area (Å²) in [6.45, 7) is 5.79. The number of methoxy groups -OCH3 is 2. The van der Waals surface area contributed by atoms with Crippen molar-refractivity contribution in [2.24, 2.45) is 0 Å². The molecule has 4 rings (SSSR count). The third-order valence-electron chi connectivity index (χ3n) is 6.08. The van der Waals surface area contributed by atoms with E-state index in [1.807, 2.05) is 37.3 Å². The smallest absolute Gasteiger partial charge is 0.253 e. The molecule has 0 radical (unpaired) electrons. The van der Waals surface area contributed by atoms with Crippen molar-refractivity contribution in [3.63, 3.8) is 0 Å². The van der Waals surface area contributed by atoms with Crippen molar-refractivity contribution in [2.45, 2.75) is 33.4 Å². The predicted octanol–water partition coefficient (Wildman–Crippen LogP) is 5.34. The molecule has 188 valence electrons. The molecule has 0 unspecified atom stereocenters. The van der Waals surface area contributed by atoms with E-state index in [2.05, 4.69) is 45.7 Å². The van der Waals surface area contributed by atoms with Gasteiger partial charge in [0.1, 0.15) is 0 Å². The number of pyridine rings is 1. The maximum Gasteiger partial charge on any atom is 0.253 e. The Balaban J connectivity index is 1.51. The quantitative estimate of drug-likeness (QED) is 0.290. The van der Waals surface area contributed by atoms with Gasteiger partial charge in [-0.1, -0.05) is 23.8 Å². The first-order valence-electron chi connectivity index (χ1n) is 11.8. The fraction of sp³-hybridized carbons (Fsp3) is 0.286. The number of hydrogen-bond donors (Lipinski definition) is 2. The van der Waals surface area contributed by atoms with Crippen LogP contribution in [0.3, 0.4) is 0 Å². The lowest BCUT2D eigenvalue weighted by Gasteiger charge is -2.25. The minimum atomic E-state index is -0.0845. The van der Waals surface area contributed by atoms with Crippen molar-refractivity contribution >= 4 is 39.6 Å². The number of H-pyrrole nitrogens is 1. The van der Waals surface area contributed by atoms with Crippen molar-refractivity contribution in [3.8, 4) is 11.5 Å². The lowest BCUT2D eigenvalue weighted by molar-refractivity contribution is 0.354. The number of hydrogen-bond acceptors (Lipinski definition) is 5. The molecule has 0 aliphatic rings. The number of aryl methyl sites for hydroxylation is 2. The highest BCUT2D eigenvalue weighted by atomic mass is 32.1. The summed E-state index contributed by atoms with van der Waals surface area (Å²) in [7, 11) is 3.26. The van der Waals surface area contributed by atoms with Crippen LogP contribution < -0.4 is 20.3 Å². The minimum absolute atomic E-state index is 0.0845. The molecule has 8 heteroatoms. The summed E-state index contributed by atoms with van der Waals surface area (Å²) in [5, 5.41) is 7.08. The number of aromatic amines is 1. The number of fused-ring (bicyclic) bond motifs is 1. The molecule has 2 aromatic carbocycles. The van der Waals surface area contributed by atoms with Gasteiger partial charge in [-0.3, -0.25) is 4.79 Å². The van der Waals surface area contributed by atoms with E-state index >= 15 is 0 Å². The second kappa shape index (κ2) is 11.6. The van der Waals surface area contributed by atoms with E-state index in [0.29, 0.717) is 41.8 Å². The van der Waals surface area contributed by atoms with Gasteiger partial charge in [0.15, 0.2) is 16.6 Å². The van der Waals surface area contributed by atoms with Gasteiger partial charge >= 0.3 is 0 Å². The van der Waals surface area contributed by atoms with E-state index in [4.69, 9.17) is 21.7 Å². The SMILES string of the molecule is COc1ccc(CCNC(=S)N(Cc2cccs2)Cc2cc3cc(C)cc(C)c3[nH]c2=O)cc1OC. The second-order valence-electron chi connectivity index (χ2n) is 8.78. The summed E-state index contributed by atoms with van der Waals surface area (Å²) in [6, 6.07) is 16.2. The number of nitrogens with zero attached hydrogens (tertiary/aromatic N) is 1. The summed E-state index contributed by atoms with van der Waals surface area (Å²) < 4.78 is 10.7. The van der Waals surface area contributed by atoms with E-state index < -0.39 is 0 Å². The lowest BCUT2D eigenvalue weighted by Crippen LogP contribution is -2.40. The molecule has 6 nitrogen and oxygen atoms in total. The highest BCUT2D eigenvalue weighted by Crippen LogP contribution is 2.27. The summed E-state index contributed by atoms with van der Waals surface area (Å²) in [6.07, 6.45) is 0.766. The zero-order valence-electron chi connectivity index (χ0n) is 21.0. The number of thiocarbonyl (C=S) groups is 1. The van der Waals surface area contributed by atoms with Gasteiger partial charge in [0.2, 0.25) is 0 Å². The topological polar surface area (TPSA) is 66.6 Å². The van der Waals surface area contributed by atoms with Gasteiger partial charge in [0, 0.05) is 17.0 Å². The Morgan fingerprint density at radius 3 is 2.58 bits per heavy atom. The highest BCUT2D eigenvalue weighted by Gasteiger charge is 2.15. The predicted molar refractivity (Wildman–Crippen MR) is 151 cm³/mol. The van der Waals surface area contributed by atoms with Crippen molar-refractivity contribution in [3.05, 3.63) is 91.4 Å². The number of aromatic nitrogens is 1. The molecule has 2 N–H and O–H groups in total. The second-order valence-corrected chi connectivity index (χ2v) is 10.2. The van der Waals surface area contributed by atoms with Gasteiger partial charge in [-0.2, -0.15) is 0 Å². The Morgan fingerprint density at radius 2 is 1.86 bits per heavy atom. The third-order valence-corrected chi connectivity index (χ3v) is 7.35. The van der Waals surface area contributed by atoms with Crippen molar-refractivity contribution in [1.82, 2.24) is 15.2 Å². The van der Waals surface area contributed by atoms with E-state index in [0.717, 1.165) is 28.5 Å². The third kappa shape index (κ3) is 6.06. The largest absolute Gasteiger partial charge is 0.493 e. The average Bonchev–Trinajstić information content (AvgIpc) is 3.37. The Kier molecular flexibility index (Phi) is 8.28. The Hall–Kier alpha value is -3.36. The van der Waals surface area contributed by atoms with E-state index in [-0.39, 0.29) is 5.56 Å². The van der Waals surface area contributed by atoms with Gasteiger partial charge in [-0.15, -0.1) is 11.3 Å². The molecule has 0 spiro atoms. The van der Waals surface area contributed by atoms with Crippen LogP contribution in [-0.4, -0.2) is 35.8 Å². The molecular formula is C28H31N3O3S2. The molecule has 2 aromatic heterocycles. The molecule has 0 fully saturated rings. The Labute approximate surface area is 220 Å². The van der Waals surface area contributed by atoms with Crippen LogP contribution in [0.1, 0.15) is 27.1 Å². The molecule has 0 aliphatic heterocycles. The van der Waals surface area contributed by atoms with E-state index in [1.165, 1.54) is 10.4 Å². The first-order chi connectivity index (χ1) is 17.4.